The van der Waals surface area contributed by atoms with Gasteiger partial charge in [0.05, 0.1) is 0 Å². The van der Waals surface area contributed by atoms with Crippen LogP contribution in [0, 0.1) is 18.2 Å². The van der Waals surface area contributed by atoms with E-state index in [-0.39, 0.29) is 5.82 Å². The SMILES string of the molecule is CC.Cc1c(F)cc(Br)cc1C=N. The van der Waals surface area contributed by atoms with Gasteiger partial charge in [-0.25, -0.2) is 4.39 Å². The van der Waals surface area contributed by atoms with Crippen LogP contribution in [-0.2, 0) is 0 Å². The number of benzene rings is 1. The van der Waals surface area contributed by atoms with E-state index in [0.29, 0.717) is 15.6 Å². The molecule has 0 aliphatic rings. The normalized spacial score (nSPS) is 8.69. The Bertz CT molecular complexity index is 297. The Kier molecular flexibility index (Phi) is 5.55. The monoisotopic (exact) mass is 245 g/mol. The topological polar surface area (TPSA) is 23.9 Å². The summed E-state index contributed by atoms with van der Waals surface area (Å²) in [7, 11) is 0. The van der Waals surface area contributed by atoms with Crippen molar-refractivity contribution in [2.45, 2.75) is 20.8 Å². The molecular weight excluding hydrogens is 233 g/mol. The lowest BCUT2D eigenvalue weighted by Gasteiger charge is -2.01. The molecule has 0 aliphatic carbocycles. The summed E-state index contributed by atoms with van der Waals surface area (Å²) in [5.74, 6) is -0.280. The van der Waals surface area contributed by atoms with Crippen LogP contribution in [0.25, 0.3) is 0 Å². The van der Waals surface area contributed by atoms with Gasteiger partial charge < -0.3 is 5.41 Å². The van der Waals surface area contributed by atoms with Crippen molar-refractivity contribution in [3.63, 3.8) is 0 Å². The van der Waals surface area contributed by atoms with Gasteiger partial charge in [0.2, 0.25) is 0 Å². The molecule has 0 fully saturated rings. The zero-order chi connectivity index (χ0) is 10.4. The summed E-state index contributed by atoms with van der Waals surface area (Å²) < 4.78 is 13.6. The maximum atomic E-state index is 12.9. The van der Waals surface area contributed by atoms with Gasteiger partial charge in [0, 0.05) is 10.7 Å². The van der Waals surface area contributed by atoms with E-state index in [1.165, 1.54) is 6.07 Å². The van der Waals surface area contributed by atoms with Crippen molar-refractivity contribution >= 4 is 22.1 Å². The van der Waals surface area contributed by atoms with Gasteiger partial charge in [-0.05, 0) is 30.2 Å². The van der Waals surface area contributed by atoms with Crippen LogP contribution in [0.3, 0.4) is 0 Å². The third kappa shape index (κ3) is 3.27. The van der Waals surface area contributed by atoms with E-state index >= 15 is 0 Å². The van der Waals surface area contributed by atoms with Gasteiger partial charge >= 0.3 is 0 Å². The lowest BCUT2D eigenvalue weighted by atomic mass is 10.1. The van der Waals surface area contributed by atoms with Gasteiger partial charge in [0.25, 0.3) is 0 Å². The Morgan fingerprint density at radius 1 is 1.38 bits per heavy atom. The lowest BCUT2D eigenvalue weighted by Crippen LogP contribution is -1.90. The first kappa shape index (κ1) is 12.3. The lowest BCUT2D eigenvalue weighted by molar-refractivity contribution is 0.617. The second-order valence-corrected chi connectivity index (χ2v) is 3.16. The van der Waals surface area contributed by atoms with Crippen LogP contribution in [-0.4, -0.2) is 6.21 Å². The zero-order valence-electron chi connectivity index (χ0n) is 7.99. The summed E-state index contributed by atoms with van der Waals surface area (Å²) in [6.07, 6.45) is 1.14. The van der Waals surface area contributed by atoms with Crippen molar-refractivity contribution in [2.75, 3.05) is 0 Å². The molecule has 1 aromatic rings. The Labute approximate surface area is 86.6 Å². The van der Waals surface area contributed by atoms with Crippen LogP contribution in [0.4, 0.5) is 4.39 Å². The highest BCUT2D eigenvalue weighted by Crippen LogP contribution is 2.18. The van der Waals surface area contributed by atoms with Crippen molar-refractivity contribution < 1.29 is 4.39 Å². The van der Waals surface area contributed by atoms with E-state index in [0.717, 1.165) is 6.21 Å². The van der Waals surface area contributed by atoms with E-state index in [2.05, 4.69) is 15.9 Å². The van der Waals surface area contributed by atoms with E-state index < -0.39 is 0 Å². The number of nitrogens with one attached hydrogen (secondary N) is 1. The largest absolute Gasteiger partial charge is 0.308 e. The smallest absolute Gasteiger partial charge is 0.127 e. The molecule has 3 heteroatoms. The number of rotatable bonds is 1. The molecule has 0 saturated carbocycles. The standard InChI is InChI=1S/C8H7BrFN.C2H6/c1-5-6(4-11)2-7(9)3-8(5)10;1-2/h2-4,11H,1H3;1-2H3. The van der Waals surface area contributed by atoms with Crippen molar-refractivity contribution in [3.8, 4) is 0 Å². The molecule has 13 heavy (non-hydrogen) atoms. The first-order chi connectivity index (χ1) is 6.15. The third-order valence-electron chi connectivity index (χ3n) is 1.50. The first-order valence-corrected chi connectivity index (χ1v) is 4.90. The number of halogens is 2. The molecule has 0 aliphatic heterocycles. The summed E-state index contributed by atoms with van der Waals surface area (Å²) in [6.45, 7) is 5.65. The molecule has 1 nitrogen and oxygen atoms in total. The van der Waals surface area contributed by atoms with Gasteiger partial charge in [-0.15, -0.1) is 0 Å². The summed E-state index contributed by atoms with van der Waals surface area (Å²) in [4.78, 5) is 0. The van der Waals surface area contributed by atoms with Gasteiger partial charge in [-0.1, -0.05) is 29.8 Å². The summed E-state index contributed by atoms with van der Waals surface area (Å²) >= 11 is 3.14. The van der Waals surface area contributed by atoms with E-state index in [1.54, 1.807) is 13.0 Å². The molecule has 0 amide bonds. The molecule has 1 aromatic carbocycles. The second kappa shape index (κ2) is 5.86. The van der Waals surface area contributed by atoms with E-state index in [4.69, 9.17) is 5.41 Å². The molecule has 0 spiro atoms. The molecule has 0 atom stereocenters. The molecule has 0 bridgehead atoms. The van der Waals surface area contributed by atoms with Crippen LogP contribution < -0.4 is 0 Å². The highest BCUT2D eigenvalue weighted by molar-refractivity contribution is 9.10. The summed E-state index contributed by atoms with van der Waals surface area (Å²) in [5.41, 5.74) is 1.13. The summed E-state index contributed by atoms with van der Waals surface area (Å²) in [6, 6.07) is 3.10. The van der Waals surface area contributed by atoms with Crippen LogP contribution >= 0.6 is 15.9 Å². The van der Waals surface area contributed by atoms with Gasteiger partial charge in [0.15, 0.2) is 0 Å². The molecule has 1 N–H and O–H groups in total. The zero-order valence-corrected chi connectivity index (χ0v) is 9.57. The van der Waals surface area contributed by atoms with Gasteiger partial charge in [0.1, 0.15) is 5.82 Å². The first-order valence-electron chi connectivity index (χ1n) is 4.11. The van der Waals surface area contributed by atoms with Crippen LogP contribution in [0.1, 0.15) is 25.0 Å². The molecule has 72 valence electrons. The Hall–Kier alpha value is -0.700. The molecule has 0 heterocycles. The van der Waals surface area contributed by atoms with Crippen LogP contribution in [0.2, 0.25) is 0 Å². The highest BCUT2D eigenvalue weighted by Gasteiger charge is 2.02. The molecule has 1 rings (SSSR count). The molecule has 0 saturated heterocycles. The van der Waals surface area contributed by atoms with Gasteiger partial charge in [-0.2, -0.15) is 0 Å². The Morgan fingerprint density at radius 3 is 2.38 bits per heavy atom. The second-order valence-electron chi connectivity index (χ2n) is 2.25. The maximum Gasteiger partial charge on any atom is 0.127 e. The molecule has 0 radical (unpaired) electrons. The van der Waals surface area contributed by atoms with E-state index in [1.807, 2.05) is 13.8 Å². The highest BCUT2D eigenvalue weighted by atomic mass is 79.9. The fourth-order valence-electron chi connectivity index (χ4n) is 0.816. The number of hydrogen-bond donors (Lipinski definition) is 1. The average Bonchev–Trinajstić information content (AvgIpc) is 2.14. The average molecular weight is 246 g/mol. The minimum absolute atomic E-state index is 0.280. The number of hydrogen-bond acceptors (Lipinski definition) is 1. The van der Waals surface area contributed by atoms with Crippen molar-refractivity contribution in [2.24, 2.45) is 0 Å². The Morgan fingerprint density at radius 2 is 1.92 bits per heavy atom. The molecule has 0 unspecified atom stereocenters. The predicted octanol–water partition coefficient (Wildman–Crippen LogP) is 3.92. The Balaban J connectivity index is 0.000000671. The fourth-order valence-corrected chi connectivity index (χ4v) is 1.26. The maximum absolute atomic E-state index is 12.9. The van der Waals surface area contributed by atoms with Crippen molar-refractivity contribution in [1.82, 2.24) is 0 Å². The van der Waals surface area contributed by atoms with Gasteiger partial charge in [-0.3, -0.25) is 0 Å². The third-order valence-corrected chi connectivity index (χ3v) is 1.96. The quantitative estimate of drug-likeness (QED) is 0.726. The minimum Gasteiger partial charge on any atom is -0.308 e. The fraction of sp³-hybridized carbons (Fsp3) is 0.300. The minimum atomic E-state index is -0.280. The summed E-state index contributed by atoms with van der Waals surface area (Å²) in [5, 5.41) is 6.97. The molecular formula is C10H13BrFN. The van der Waals surface area contributed by atoms with Crippen molar-refractivity contribution in [3.05, 3.63) is 33.5 Å². The van der Waals surface area contributed by atoms with Crippen molar-refractivity contribution in [1.29, 1.82) is 5.41 Å². The predicted molar refractivity (Wildman–Crippen MR) is 58.1 cm³/mol. The van der Waals surface area contributed by atoms with Crippen LogP contribution in [0.15, 0.2) is 16.6 Å². The van der Waals surface area contributed by atoms with Crippen LogP contribution in [0.5, 0.6) is 0 Å². The molecule has 0 aromatic heterocycles. The van der Waals surface area contributed by atoms with E-state index in [9.17, 15) is 4.39 Å².